The van der Waals surface area contributed by atoms with Crippen molar-refractivity contribution in [1.82, 2.24) is 10.3 Å². The van der Waals surface area contributed by atoms with Gasteiger partial charge in [0.25, 0.3) is 0 Å². The number of hydrogen-bond acceptors (Lipinski definition) is 2. The van der Waals surface area contributed by atoms with Crippen molar-refractivity contribution in [2.75, 3.05) is 13.6 Å². The number of nitrogens with one attached hydrogen (secondary N) is 2. The van der Waals surface area contributed by atoms with Crippen molar-refractivity contribution < 1.29 is 4.79 Å². The first-order valence-electron chi connectivity index (χ1n) is 4.57. The van der Waals surface area contributed by atoms with Crippen molar-refractivity contribution in [3.05, 3.63) is 36.0 Å². The molecule has 2 rings (SSSR count). The first kappa shape index (κ1) is 8.97. The van der Waals surface area contributed by atoms with Crippen LogP contribution < -0.4 is 5.32 Å². The number of carbonyl (C=O) groups excluding carboxylic acids is 1. The van der Waals surface area contributed by atoms with Gasteiger partial charge in [-0.25, -0.2) is 0 Å². The van der Waals surface area contributed by atoms with E-state index in [1.807, 2.05) is 30.5 Å². The fraction of sp³-hybridized carbons (Fsp3) is 0.182. The summed E-state index contributed by atoms with van der Waals surface area (Å²) in [4.78, 5) is 14.8. The molecule has 3 heteroatoms. The molecule has 0 aliphatic rings. The van der Waals surface area contributed by atoms with E-state index in [9.17, 15) is 4.79 Å². The molecular formula is C11H12N2O. The fourth-order valence-corrected chi connectivity index (χ4v) is 1.58. The Morgan fingerprint density at radius 1 is 1.43 bits per heavy atom. The summed E-state index contributed by atoms with van der Waals surface area (Å²) in [6, 6.07) is 7.64. The topological polar surface area (TPSA) is 44.9 Å². The summed E-state index contributed by atoms with van der Waals surface area (Å²) in [7, 11) is 1.77. The van der Waals surface area contributed by atoms with E-state index in [1.54, 1.807) is 7.05 Å². The zero-order chi connectivity index (χ0) is 9.97. The standard InChI is InChI=1S/C11H12N2O/c1-12-7-11(14)9-3-2-4-10-8(9)5-6-13-10/h2-6,12-13H,7H2,1H3. The van der Waals surface area contributed by atoms with Gasteiger partial charge in [0.2, 0.25) is 0 Å². The van der Waals surface area contributed by atoms with E-state index in [0.29, 0.717) is 6.54 Å². The molecule has 2 N–H and O–H groups in total. The summed E-state index contributed by atoms with van der Waals surface area (Å²) < 4.78 is 0. The lowest BCUT2D eigenvalue weighted by Gasteiger charge is -2.01. The summed E-state index contributed by atoms with van der Waals surface area (Å²) in [5.41, 5.74) is 1.78. The Hall–Kier alpha value is -1.61. The maximum Gasteiger partial charge on any atom is 0.177 e. The third kappa shape index (κ3) is 1.42. The molecule has 0 fully saturated rings. The second-order valence-corrected chi connectivity index (χ2v) is 3.20. The van der Waals surface area contributed by atoms with Crippen LogP contribution in [0.2, 0.25) is 0 Å². The Kier molecular flexibility index (Phi) is 2.33. The summed E-state index contributed by atoms with van der Waals surface area (Å²) in [5.74, 6) is 0.123. The number of rotatable bonds is 3. The first-order chi connectivity index (χ1) is 6.83. The van der Waals surface area contributed by atoms with Gasteiger partial charge in [-0.05, 0) is 19.2 Å². The molecule has 0 amide bonds. The number of carbonyl (C=O) groups is 1. The summed E-state index contributed by atoms with van der Waals surface area (Å²) in [5, 5.41) is 3.86. The number of aromatic amines is 1. The minimum absolute atomic E-state index is 0.123. The van der Waals surface area contributed by atoms with Crippen LogP contribution in [0, 0.1) is 0 Å². The molecule has 3 nitrogen and oxygen atoms in total. The Morgan fingerprint density at radius 3 is 3.07 bits per heavy atom. The van der Waals surface area contributed by atoms with Crippen LogP contribution in [-0.2, 0) is 0 Å². The molecule has 72 valence electrons. The maximum absolute atomic E-state index is 11.7. The molecule has 0 atom stereocenters. The molecule has 0 bridgehead atoms. The van der Waals surface area contributed by atoms with Gasteiger partial charge in [-0.15, -0.1) is 0 Å². The Labute approximate surface area is 82.1 Å². The van der Waals surface area contributed by atoms with Crippen molar-refractivity contribution >= 4 is 16.7 Å². The normalized spacial score (nSPS) is 10.6. The quantitative estimate of drug-likeness (QED) is 0.718. The number of aromatic nitrogens is 1. The van der Waals surface area contributed by atoms with Crippen molar-refractivity contribution in [2.45, 2.75) is 0 Å². The molecule has 1 aromatic carbocycles. The summed E-state index contributed by atoms with van der Waals surface area (Å²) in [6.07, 6.45) is 1.85. The van der Waals surface area contributed by atoms with Gasteiger partial charge in [-0.2, -0.15) is 0 Å². The van der Waals surface area contributed by atoms with Crippen LogP contribution in [0.15, 0.2) is 30.5 Å². The molecule has 0 spiro atoms. The number of hydrogen-bond donors (Lipinski definition) is 2. The lowest BCUT2D eigenvalue weighted by Crippen LogP contribution is -2.18. The minimum Gasteiger partial charge on any atom is -0.361 e. The van der Waals surface area contributed by atoms with E-state index in [-0.39, 0.29) is 5.78 Å². The number of likely N-dealkylation sites (N-methyl/N-ethyl adjacent to an activating group) is 1. The van der Waals surface area contributed by atoms with Gasteiger partial charge in [0.05, 0.1) is 6.54 Å². The SMILES string of the molecule is CNCC(=O)c1cccc2[nH]ccc12. The predicted octanol–water partition coefficient (Wildman–Crippen LogP) is 1.57. The van der Waals surface area contributed by atoms with Crippen LogP contribution in [0.3, 0.4) is 0 Å². The summed E-state index contributed by atoms with van der Waals surface area (Å²) >= 11 is 0. The number of fused-ring (bicyclic) bond motifs is 1. The monoisotopic (exact) mass is 188 g/mol. The molecule has 0 saturated carbocycles. The molecule has 0 radical (unpaired) electrons. The van der Waals surface area contributed by atoms with Crippen LogP contribution >= 0.6 is 0 Å². The van der Waals surface area contributed by atoms with Gasteiger partial charge in [0, 0.05) is 22.7 Å². The third-order valence-corrected chi connectivity index (χ3v) is 2.23. The Balaban J connectivity index is 2.50. The molecule has 0 aliphatic heterocycles. The summed E-state index contributed by atoms with van der Waals surface area (Å²) in [6.45, 7) is 0.379. The van der Waals surface area contributed by atoms with E-state index < -0.39 is 0 Å². The van der Waals surface area contributed by atoms with E-state index >= 15 is 0 Å². The number of H-pyrrole nitrogens is 1. The first-order valence-corrected chi connectivity index (χ1v) is 4.57. The van der Waals surface area contributed by atoms with Crippen molar-refractivity contribution in [1.29, 1.82) is 0 Å². The Morgan fingerprint density at radius 2 is 2.29 bits per heavy atom. The average molecular weight is 188 g/mol. The second-order valence-electron chi connectivity index (χ2n) is 3.20. The van der Waals surface area contributed by atoms with Crippen molar-refractivity contribution in [2.24, 2.45) is 0 Å². The average Bonchev–Trinajstić information content (AvgIpc) is 2.65. The van der Waals surface area contributed by atoms with E-state index in [2.05, 4.69) is 10.3 Å². The number of benzene rings is 1. The Bertz CT molecular complexity index is 459. The third-order valence-electron chi connectivity index (χ3n) is 2.23. The van der Waals surface area contributed by atoms with Crippen LogP contribution in [0.5, 0.6) is 0 Å². The van der Waals surface area contributed by atoms with E-state index in [4.69, 9.17) is 0 Å². The predicted molar refractivity (Wildman–Crippen MR) is 56.6 cm³/mol. The highest BCUT2D eigenvalue weighted by molar-refractivity contribution is 6.08. The highest BCUT2D eigenvalue weighted by Gasteiger charge is 2.08. The zero-order valence-electron chi connectivity index (χ0n) is 8.00. The van der Waals surface area contributed by atoms with Gasteiger partial charge < -0.3 is 10.3 Å². The lowest BCUT2D eigenvalue weighted by molar-refractivity contribution is 0.0995. The van der Waals surface area contributed by atoms with Gasteiger partial charge in [-0.1, -0.05) is 12.1 Å². The second kappa shape index (κ2) is 3.64. The molecule has 1 heterocycles. The van der Waals surface area contributed by atoms with Crippen LogP contribution in [-0.4, -0.2) is 24.4 Å². The molecule has 0 unspecified atom stereocenters. The van der Waals surface area contributed by atoms with E-state index in [0.717, 1.165) is 16.5 Å². The number of Topliss-reactive ketones (excluding diaryl/α,β-unsaturated/α-hetero) is 1. The lowest BCUT2D eigenvalue weighted by atomic mass is 10.1. The minimum atomic E-state index is 0.123. The fourth-order valence-electron chi connectivity index (χ4n) is 1.58. The van der Waals surface area contributed by atoms with Crippen LogP contribution in [0.25, 0.3) is 10.9 Å². The van der Waals surface area contributed by atoms with Gasteiger partial charge in [0.15, 0.2) is 5.78 Å². The highest BCUT2D eigenvalue weighted by Crippen LogP contribution is 2.17. The van der Waals surface area contributed by atoms with Gasteiger partial charge in [0.1, 0.15) is 0 Å². The maximum atomic E-state index is 11.7. The van der Waals surface area contributed by atoms with Crippen molar-refractivity contribution in [3.63, 3.8) is 0 Å². The van der Waals surface area contributed by atoms with Crippen LogP contribution in [0.1, 0.15) is 10.4 Å². The smallest absolute Gasteiger partial charge is 0.177 e. The van der Waals surface area contributed by atoms with E-state index in [1.165, 1.54) is 0 Å². The number of ketones is 1. The van der Waals surface area contributed by atoms with Crippen molar-refractivity contribution in [3.8, 4) is 0 Å². The molecule has 1 aromatic heterocycles. The molecule has 0 aliphatic carbocycles. The van der Waals surface area contributed by atoms with Crippen LogP contribution in [0.4, 0.5) is 0 Å². The highest BCUT2D eigenvalue weighted by atomic mass is 16.1. The van der Waals surface area contributed by atoms with Gasteiger partial charge >= 0.3 is 0 Å². The zero-order valence-corrected chi connectivity index (χ0v) is 8.00. The molecule has 0 saturated heterocycles. The van der Waals surface area contributed by atoms with Gasteiger partial charge in [-0.3, -0.25) is 4.79 Å². The largest absolute Gasteiger partial charge is 0.361 e. The molecular weight excluding hydrogens is 176 g/mol. The molecule has 14 heavy (non-hydrogen) atoms. The molecule has 2 aromatic rings.